The van der Waals surface area contributed by atoms with Crippen LogP contribution in [-0.4, -0.2) is 29.9 Å². The summed E-state index contributed by atoms with van der Waals surface area (Å²) in [7, 11) is 0. The normalized spacial score (nSPS) is 22.9. The molecule has 0 spiro atoms. The van der Waals surface area contributed by atoms with Crippen LogP contribution in [0.3, 0.4) is 0 Å². The Morgan fingerprint density at radius 1 is 1.00 bits per heavy atom. The van der Waals surface area contributed by atoms with E-state index < -0.39 is 0 Å². The van der Waals surface area contributed by atoms with Crippen molar-refractivity contribution in [2.24, 2.45) is 11.7 Å². The Bertz CT molecular complexity index is 243. The molecule has 2 aliphatic carbocycles. The number of hydrogen-bond acceptors (Lipinski definition) is 2. The first-order chi connectivity index (χ1) is 8.33. The predicted molar refractivity (Wildman–Crippen MR) is 69.6 cm³/mol. The van der Waals surface area contributed by atoms with Crippen molar-refractivity contribution in [2.75, 3.05) is 13.1 Å². The van der Waals surface area contributed by atoms with Crippen molar-refractivity contribution >= 4 is 5.91 Å². The summed E-state index contributed by atoms with van der Waals surface area (Å²) in [5.74, 6) is 0.697. The molecule has 0 saturated heterocycles. The second-order valence-corrected chi connectivity index (χ2v) is 5.59. The fourth-order valence-electron chi connectivity index (χ4n) is 2.94. The van der Waals surface area contributed by atoms with Crippen LogP contribution in [0.4, 0.5) is 0 Å². The van der Waals surface area contributed by atoms with E-state index in [1.54, 1.807) is 0 Å². The molecule has 0 atom stereocenters. The van der Waals surface area contributed by atoms with E-state index in [2.05, 4.69) is 4.90 Å². The molecule has 3 heteroatoms. The van der Waals surface area contributed by atoms with Crippen LogP contribution >= 0.6 is 0 Å². The second kappa shape index (κ2) is 6.39. The molecule has 3 nitrogen and oxygen atoms in total. The summed E-state index contributed by atoms with van der Waals surface area (Å²) in [6, 6.07) is 0.525. The number of rotatable bonds is 4. The molecule has 0 aliphatic heterocycles. The molecule has 0 bridgehead atoms. The van der Waals surface area contributed by atoms with E-state index >= 15 is 0 Å². The molecule has 2 saturated carbocycles. The molecular formula is C14H26N2O. The Morgan fingerprint density at radius 2 is 1.59 bits per heavy atom. The predicted octanol–water partition coefficient (Wildman–Crippen LogP) is 2.30. The average Bonchev–Trinajstić information content (AvgIpc) is 3.08. The molecule has 0 aromatic carbocycles. The Labute approximate surface area is 105 Å². The zero-order chi connectivity index (χ0) is 12.1. The van der Waals surface area contributed by atoms with Gasteiger partial charge in [-0.25, -0.2) is 0 Å². The molecule has 2 fully saturated rings. The molecule has 0 radical (unpaired) electrons. The van der Waals surface area contributed by atoms with Gasteiger partial charge in [-0.2, -0.15) is 0 Å². The second-order valence-electron chi connectivity index (χ2n) is 5.59. The smallest absolute Gasteiger partial charge is 0.225 e. The molecule has 2 N–H and O–H groups in total. The Kier molecular flexibility index (Phi) is 4.84. The van der Waals surface area contributed by atoms with E-state index in [1.807, 2.05) is 0 Å². The van der Waals surface area contributed by atoms with Gasteiger partial charge >= 0.3 is 0 Å². The van der Waals surface area contributed by atoms with Crippen LogP contribution in [0, 0.1) is 5.92 Å². The highest BCUT2D eigenvalue weighted by Gasteiger charge is 2.34. The van der Waals surface area contributed by atoms with Gasteiger partial charge in [-0.05, 0) is 25.7 Å². The summed E-state index contributed by atoms with van der Waals surface area (Å²) < 4.78 is 0. The molecule has 0 heterocycles. The van der Waals surface area contributed by atoms with Gasteiger partial charge in [0, 0.05) is 25.0 Å². The van der Waals surface area contributed by atoms with Gasteiger partial charge < -0.3 is 10.6 Å². The lowest BCUT2D eigenvalue weighted by atomic mass is 9.90. The lowest BCUT2D eigenvalue weighted by Crippen LogP contribution is -2.41. The van der Waals surface area contributed by atoms with Gasteiger partial charge in [0.15, 0.2) is 0 Å². The van der Waals surface area contributed by atoms with Crippen molar-refractivity contribution in [1.29, 1.82) is 0 Å². The van der Waals surface area contributed by atoms with E-state index in [9.17, 15) is 4.79 Å². The third-order valence-electron chi connectivity index (χ3n) is 4.10. The highest BCUT2D eigenvalue weighted by atomic mass is 16.2. The van der Waals surface area contributed by atoms with Crippen molar-refractivity contribution in [3.8, 4) is 0 Å². The number of carbonyl (C=O) groups is 1. The van der Waals surface area contributed by atoms with Gasteiger partial charge in [-0.3, -0.25) is 4.79 Å². The minimum absolute atomic E-state index is 0.294. The summed E-state index contributed by atoms with van der Waals surface area (Å²) in [5, 5.41) is 0. The van der Waals surface area contributed by atoms with E-state index in [1.165, 1.54) is 44.9 Å². The molecule has 0 aromatic heterocycles. The molecule has 0 aromatic rings. The van der Waals surface area contributed by atoms with Crippen molar-refractivity contribution in [3.63, 3.8) is 0 Å². The molecule has 0 unspecified atom stereocenters. The van der Waals surface area contributed by atoms with Crippen LogP contribution in [0.1, 0.15) is 57.8 Å². The van der Waals surface area contributed by atoms with Crippen molar-refractivity contribution < 1.29 is 4.79 Å². The van der Waals surface area contributed by atoms with Crippen LogP contribution in [0.25, 0.3) is 0 Å². The summed E-state index contributed by atoms with van der Waals surface area (Å²) >= 11 is 0. The molecular weight excluding hydrogens is 212 g/mol. The molecule has 2 rings (SSSR count). The number of nitrogens with zero attached hydrogens (tertiary/aromatic N) is 1. The first-order valence-electron chi connectivity index (χ1n) is 7.33. The third-order valence-corrected chi connectivity index (χ3v) is 4.10. The fourth-order valence-corrected chi connectivity index (χ4v) is 2.94. The van der Waals surface area contributed by atoms with Crippen molar-refractivity contribution in [1.82, 2.24) is 4.90 Å². The topological polar surface area (TPSA) is 46.3 Å². The Balaban J connectivity index is 1.90. The molecule has 17 heavy (non-hydrogen) atoms. The standard InChI is InChI=1S/C14H26N2O/c15-10-11-16(13-8-9-13)14(17)12-6-4-2-1-3-5-7-12/h12-13H,1-11,15H2. The lowest BCUT2D eigenvalue weighted by Gasteiger charge is -2.28. The minimum Gasteiger partial charge on any atom is -0.338 e. The van der Waals surface area contributed by atoms with Crippen LogP contribution in [0.2, 0.25) is 0 Å². The quantitative estimate of drug-likeness (QED) is 0.817. The lowest BCUT2D eigenvalue weighted by molar-refractivity contribution is -0.136. The number of nitrogens with two attached hydrogens (primary N) is 1. The first kappa shape index (κ1) is 12.9. The minimum atomic E-state index is 0.294. The Morgan fingerprint density at radius 3 is 2.12 bits per heavy atom. The van der Waals surface area contributed by atoms with E-state index in [0.29, 0.717) is 24.4 Å². The van der Waals surface area contributed by atoms with Crippen LogP contribution in [0.15, 0.2) is 0 Å². The number of amides is 1. The van der Waals surface area contributed by atoms with Gasteiger partial charge in [-0.15, -0.1) is 0 Å². The maximum absolute atomic E-state index is 12.5. The van der Waals surface area contributed by atoms with Gasteiger partial charge in [0.25, 0.3) is 0 Å². The van der Waals surface area contributed by atoms with Gasteiger partial charge in [-0.1, -0.05) is 32.1 Å². The first-order valence-corrected chi connectivity index (χ1v) is 7.33. The third kappa shape index (κ3) is 3.70. The van der Waals surface area contributed by atoms with Gasteiger partial charge in [0.05, 0.1) is 0 Å². The van der Waals surface area contributed by atoms with Gasteiger partial charge in [0.1, 0.15) is 0 Å². The number of carbonyl (C=O) groups excluding carboxylic acids is 1. The van der Waals surface area contributed by atoms with E-state index in [0.717, 1.165) is 19.4 Å². The Hall–Kier alpha value is -0.570. The zero-order valence-electron chi connectivity index (χ0n) is 10.9. The maximum atomic E-state index is 12.5. The maximum Gasteiger partial charge on any atom is 0.225 e. The summed E-state index contributed by atoms with van der Waals surface area (Å²) in [6.45, 7) is 1.37. The summed E-state index contributed by atoms with van der Waals surface area (Å²) in [4.78, 5) is 14.6. The van der Waals surface area contributed by atoms with Crippen LogP contribution in [-0.2, 0) is 4.79 Å². The highest BCUT2D eigenvalue weighted by molar-refractivity contribution is 5.79. The summed E-state index contributed by atoms with van der Waals surface area (Å²) in [6.07, 6.45) is 11.0. The molecule has 1 amide bonds. The monoisotopic (exact) mass is 238 g/mol. The molecule has 98 valence electrons. The van der Waals surface area contributed by atoms with Crippen LogP contribution in [0.5, 0.6) is 0 Å². The average molecular weight is 238 g/mol. The SMILES string of the molecule is NCCN(C(=O)C1CCCCCCC1)C1CC1. The number of hydrogen-bond donors (Lipinski definition) is 1. The summed E-state index contributed by atoms with van der Waals surface area (Å²) in [5.41, 5.74) is 5.62. The van der Waals surface area contributed by atoms with E-state index in [-0.39, 0.29) is 0 Å². The molecule has 2 aliphatic rings. The van der Waals surface area contributed by atoms with Crippen molar-refractivity contribution in [3.05, 3.63) is 0 Å². The highest BCUT2D eigenvalue weighted by Crippen LogP contribution is 2.31. The van der Waals surface area contributed by atoms with Crippen molar-refractivity contribution in [2.45, 2.75) is 63.8 Å². The fraction of sp³-hybridized carbons (Fsp3) is 0.929. The largest absolute Gasteiger partial charge is 0.338 e. The van der Waals surface area contributed by atoms with Crippen LogP contribution < -0.4 is 5.73 Å². The zero-order valence-corrected chi connectivity index (χ0v) is 10.9. The van der Waals surface area contributed by atoms with Gasteiger partial charge in [0.2, 0.25) is 5.91 Å². The van der Waals surface area contributed by atoms with E-state index in [4.69, 9.17) is 5.73 Å².